The Morgan fingerprint density at radius 1 is 0.833 bits per heavy atom. The maximum absolute atomic E-state index is 5.93. The summed E-state index contributed by atoms with van der Waals surface area (Å²) in [5.41, 5.74) is 1.57. The molecule has 1 heteroatoms. The third-order valence-electron chi connectivity index (χ3n) is 7.72. The summed E-state index contributed by atoms with van der Waals surface area (Å²) in [5.74, 6) is 4.54. The van der Waals surface area contributed by atoms with Gasteiger partial charge in [0.05, 0.1) is 6.61 Å². The molecule has 0 radical (unpaired) electrons. The van der Waals surface area contributed by atoms with Crippen molar-refractivity contribution in [1.82, 2.24) is 0 Å². The molecule has 1 aromatic carbocycles. The van der Waals surface area contributed by atoms with Crippen molar-refractivity contribution in [3.8, 4) is 5.75 Å². The fourth-order valence-corrected chi connectivity index (χ4v) is 5.74. The second-order valence-electron chi connectivity index (χ2n) is 10.0. The maximum Gasteiger partial charge on any atom is 0.119 e. The van der Waals surface area contributed by atoms with Crippen LogP contribution in [-0.2, 0) is 0 Å². The smallest absolute Gasteiger partial charge is 0.119 e. The minimum atomic E-state index is 0.739. The highest BCUT2D eigenvalue weighted by atomic mass is 16.5. The van der Waals surface area contributed by atoms with E-state index < -0.39 is 0 Å². The molecule has 0 spiro atoms. The first-order valence-corrected chi connectivity index (χ1v) is 13.2. The summed E-state index contributed by atoms with van der Waals surface area (Å²) in [6.07, 6.45) is 24.0. The highest BCUT2D eigenvalue weighted by molar-refractivity contribution is 5.30. The monoisotopic (exact) mass is 410 g/mol. The van der Waals surface area contributed by atoms with Crippen molar-refractivity contribution in [3.05, 3.63) is 42.0 Å². The fraction of sp³-hybridized carbons (Fsp3) is 0.724. The number of allylic oxidation sites excluding steroid dienone is 2. The Morgan fingerprint density at radius 2 is 1.60 bits per heavy atom. The van der Waals surface area contributed by atoms with Crippen LogP contribution in [0, 0.1) is 17.8 Å². The summed E-state index contributed by atoms with van der Waals surface area (Å²) in [7, 11) is 0. The standard InChI is InChI=1S/C29H46O/c1-3-5-8-11-24-14-16-26(17-15-24)29(23-25-12-9-7-10-13-25)27-18-20-28(21-19-27)30-22-6-4-2/h7,9,18-21,24-26,29H,3-6,8,10-17,22-23H2,1-2H3. The molecule has 0 bridgehead atoms. The third kappa shape index (κ3) is 7.47. The highest BCUT2D eigenvalue weighted by Gasteiger charge is 2.30. The number of hydrogen-bond acceptors (Lipinski definition) is 1. The Labute approximate surface area is 186 Å². The van der Waals surface area contributed by atoms with Gasteiger partial charge in [-0.2, -0.15) is 0 Å². The van der Waals surface area contributed by atoms with E-state index in [-0.39, 0.29) is 0 Å². The predicted molar refractivity (Wildman–Crippen MR) is 130 cm³/mol. The highest BCUT2D eigenvalue weighted by Crippen LogP contribution is 2.44. The number of rotatable bonds is 12. The molecular weight excluding hydrogens is 364 g/mol. The van der Waals surface area contributed by atoms with Crippen LogP contribution in [0.3, 0.4) is 0 Å². The van der Waals surface area contributed by atoms with Crippen molar-refractivity contribution in [2.45, 2.75) is 110 Å². The zero-order valence-electron chi connectivity index (χ0n) is 19.8. The van der Waals surface area contributed by atoms with Crippen molar-refractivity contribution >= 4 is 0 Å². The van der Waals surface area contributed by atoms with E-state index in [1.807, 2.05) is 0 Å². The summed E-state index contributed by atoms with van der Waals surface area (Å²) in [6.45, 7) is 5.38. The van der Waals surface area contributed by atoms with Crippen molar-refractivity contribution in [2.75, 3.05) is 6.61 Å². The molecule has 0 aliphatic heterocycles. The summed E-state index contributed by atoms with van der Waals surface area (Å²) in [4.78, 5) is 0. The minimum absolute atomic E-state index is 0.739. The van der Waals surface area contributed by atoms with E-state index >= 15 is 0 Å². The van der Waals surface area contributed by atoms with E-state index in [0.717, 1.165) is 42.4 Å². The molecule has 30 heavy (non-hydrogen) atoms. The van der Waals surface area contributed by atoms with Crippen LogP contribution in [0.4, 0.5) is 0 Å². The van der Waals surface area contributed by atoms with Gasteiger partial charge in [0, 0.05) is 0 Å². The van der Waals surface area contributed by atoms with Crippen LogP contribution in [0.2, 0.25) is 0 Å². The minimum Gasteiger partial charge on any atom is -0.494 e. The van der Waals surface area contributed by atoms with Gasteiger partial charge in [0.15, 0.2) is 0 Å². The molecule has 0 heterocycles. The van der Waals surface area contributed by atoms with Crippen molar-refractivity contribution < 1.29 is 4.74 Å². The molecule has 168 valence electrons. The lowest BCUT2D eigenvalue weighted by molar-refractivity contribution is 0.210. The Kier molecular flexibility index (Phi) is 10.3. The molecule has 0 N–H and O–H groups in total. The van der Waals surface area contributed by atoms with Gasteiger partial charge in [-0.1, -0.05) is 83.1 Å². The number of unbranched alkanes of at least 4 members (excludes halogenated alkanes) is 3. The molecule has 2 unspecified atom stereocenters. The van der Waals surface area contributed by atoms with Crippen LogP contribution in [0.15, 0.2) is 36.4 Å². The Bertz CT molecular complexity index is 593. The molecule has 0 saturated heterocycles. The molecule has 0 amide bonds. The van der Waals surface area contributed by atoms with Gasteiger partial charge in [-0.05, 0) is 86.3 Å². The second-order valence-corrected chi connectivity index (χ2v) is 10.0. The van der Waals surface area contributed by atoms with E-state index in [1.165, 1.54) is 83.5 Å². The normalized spacial score (nSPS) is 25.2. The van der Waals surface area contributed by atoms with E-state index in [1.54, 1.807) is 5.56 Å². The summed E-state index contributed by atoms with van der Waals surface area (Å²) >= 11 is 0. The Balaban J connectivity index is 1.61. The van der Waals surface area contributed by atoms with Crippen LogP contribution < -0.4 is 4.74 Å². The first-order valence-electron chi connectivity index (χ1n) is 13.2. The molecule has 2 aliphatic carbocycles. The van der Waals surface area contributed by atoms with Crippen molar-refractivity contribution in [2.24, 2.45) is 17.8 Å². The van der Waals surface area contributed by atoms with E-state index in [0.29, 0.717) is 0 Å². The van der Waals surface area contributed by atoms with E-state index in [9.17, 15) is 0 Å². The Morgan fingerprint density at radius 3 is 2.27 bits per heavy atom. The van der Waals surface area contributed by atoms with Crippen molar-refractivity contribution in [3.63, 3.8) is 0 Å². The van der Waals surface area contributed by atoms with Gasteiger partial charge in [0.25, 0.3) is 0 Å². The first kappa shape index (κ1) is 23.4. The zero-order chi connectivity index (χ0) is 21.0. The topological polar surface area (TPSA) is 9.23 Å². The lowest BCUT2D eigenvalue weighted by Crippen LogP contribution is -2.23. The van der Waals surface area contributed by atoms with Crippen LogP contribution in [0.1, 0.15) is 115 Å². The fourth-order valence-electron chi connectivity index (χ4n) is 5.74. The predicted octanol–water partition coefficient (Wildman–Crippen LogP) is 9.08. The maximum atomic E-state index is 5.93. The molecular formula is C29H46O. The van der Waals surface area contributed by atoms with Gasteiger partial charge >= 0.3 is 0 Å². The molecule has 1 aromatic rings. The van der Waals surface area contributed by atoms with Crippen molar-refractivity contribution in [1.29, 1.82) is 0 Å². The van der Waals surface area contributed by atoms with Gasteiger partial charge in [0.2, 0.25) is 0 Å². The molecule has 1 nitrogen and oxygen atoms in total. The zero-order valence-corrected chi connectivity index (χ0v) is 19.8. The first-order chi connectivity index (χ1) is 14.8. The molecule has 2 atom stereocenters. The summed E-state index contributed by atoms with van der Waals surface area (Å²) < 4.78 is 5.93. The number of benzene rings is 1. The largest absolute Gasteiger partial charge is 0.494 e. The van der Waals surface area contributed by atoms with Gasteiger partial charge in [-0.25, -0.2) is 0 Å². The van der Waals surface area contributed by atoms with Crippen LogP contribution in [-0.4, -0.2) is 6.61 Å². The molecule has 2 aliphatic rings. The second kappa shape index (κ2) is 13.2. The number of hydrogen-bond donors (Lipinski definition) is 0. The molecule has 3 rings (SSSR count). The molecule has 1 fully saturated rings. The molecule has 1 saturated carbocycles. The molecule has 0 aromatic heterocycles. The summed E-state index contributed by atoms with van der Waals surface area (Å²) in [6, 6.07) is 9.24. The number of ether oxygens (including phenoxy) is 1. The quantitative estimate of drug-likeness (QED) is 0.246. The van der Waals surface area contributed by atoms with Crippen LogP contribution >= 0.6 is 0 Å². The van der Waals surface area contributed by atoms with Gasteiger partial charge in [-0.15, -0.1) is 0 Å². The van der Waals surface area contributed by atoms with Gasteiger partial charge in [0.1, 0.15) is 5.75 Å². The lowest BCUT2D eigenvalue weighted by atomic mass is 9.69. The average molecular weight is 411 g/mol. The third-order valence-corrected chi connectivity index (χ3v) is 7.72. The van der Waals surface area contributed by atoms with E-state index in [2.05, 4.69) is 50.3 Å². The summed E-state index contributed by atoms with van der Waals surface area (Å²) in [5, 5.41) is 0. The van der Waals surface area contributed by atoms with Crippen LogP contribution in [0.5, 0.6) is 5.75 Å². The van der Waals surface area contributed by atoms with Crippen LogP contribution in [0.25, 0.3) is 0 Å². The Hall–Kier alpha value is -1.24. The SMILES string of the molecule is CCCCCC1CCC(C(CC2CC=CCC2)c2ccc(OCCCC)cc2)CC1. The van der Waals surface area contributed by atoms with E-state index in [4.69, 9.17) is 4.74 Å². The van der Waals surface area contributed by atoms with Gasteiger partial charge in [-0.3, -0.25) is 0 Å². The average Bonchev–Trinajstić information content (AvgIpc) is 2.80. The van der Waals surface area contributed by atoms with Gasteiger partial charge < -0.3 is 4.74 Å². The lowest BCUT2D eigenvalue weighted by Gasteiger charge is -2.36.